The monoisotopic (exact) mass is 440 g/mol. The zero-order chi connectivity index (χ0) is 21.5. The molecule has 4 rings (SSSR count). The minimum Gasteiger partial charge on any atom is -0.353 e. The number of nitrogens with one attached hydrogen (secondary N) is 1. The third-order valence-corrected chi connectivity index (χ3v) is 5.67. The molecular weight excluding hydrogens is 421 g/mol. The molecule has 10 heteroatoms. The molecule has 2 aromatic rings. The fraction of sp³-hybridized carbons (Fsp3) is 0.450. The lowest BCUT2D eigenvalue weighted by Crippen LogP contribution is -2.47. The number of rotatable bonds is 4. The van der Waals surface area contributed by atoms with Gasteiger partial charge in [0, 0.05) is 30.1 Å². The highest BCUT2D eigenvalue weighted by Gasteiger charge is 2.42. The summed E-state index contributed by atoms with van der Waals surface area (Å²) in [5.41, 5.74) is -1.44. The molecule has 2 amide bonds. The summed E-state index contributed by atoms with van der Waals surface area (Å²) < 4.78 is 42.2. The predicted octanol–water partition coefficient (Wildman–Crippen LogP) is 3.68. The Labute approximate surface area is 176 Å². The summed E-state index contributed by atoms with van der Waals surface area (Å²) in [5, 5.41) is 7.17. The minimum atomic E-state index is -4.77. The van der Waals surface area contributed by atoms with Crippen molar-refractivity contribution in [1.82, 2.24) is 20.0 Å². The first-order chi connectivity index (χ1) is 14.2. The first-order valence-electron chi connectivity index (χ1n) is 9.75. The van der Waals surface area contributed by atoms with Crippen molar-refractivity contribution in [3.63, 3.8) is 0 Å². The first-order valence-corrected chi connectivity index (χ1v) is 10.1. The topological polar surface area (TPSA) is 67.2 Å². The van der Waals surface area contributed by atoms with Crippen LogP contribution >= 0.6 is 11.6 Å². The van der Waals surface area contributed by atoms with Gasteiger partial charge in [0.2, 0.25) is 5.91 Å². The highest BCUT2D eigenvalue weighted by atomic mass is 35.5. The minimum absolute atomic E-state index is 0.0309. The average Bonchev–Trinajstić information content (AvgIpc) is 3.46. The van der Waals surface area contributed by atoms with E-state index in [-0.39, 0.29) is 36.6 Å². The van der Waals surface area contributed by atoms with Crippen LogP contribution in [0.15, 0.2) is 30.5 Å². The Balaban J connectivity index is 1.51. The maximum Gasteiger partial charge on any atom is 0.434 e. The summed E-state index contributed by atoms with van der Waals surface area (Å²) in [6.07, 6.45) is -0.978. The van der Waals surface area contributed by atoms with Crippen LogP contribution in [0.1, 0.15) is 41.7 Å². The summed E-state index contributed by atoms with van der Waals surface area (Å²) in [6.45, 7) is 0.551. The molecule has 0 bridgehead atoms. The number of amides is 2. The highest BCUT2D eigenvalue weighted by molar-refractivity contribution is 6.30. The van der Waals surface area contributed by atoms with E-state index in [1.807, 2.05) is 0 Å². The summed E-state index contributed by atoms with van der Waals surface area (Å²) in [7, 11) is 0. The zero-order valence-corrected chi connectivity index (χ0v) is 16.7. The standard InChI is InChI=1S/C20H20ClF3N4O2/c21-13-3-5-15(6-4-13)28-17(20(22,23)24)16(11-25-28)19(30)27-9-7-14(8-10-27)26-18(29)12-1-2-12/h3-6,11-12,14H,1-2,7-10H2,(H,26,29). The van der Waals surface area contributed by atoms with Crippen molar-refractivity contribution in [3.8, 4) is 5.69 Å². The van der Waals surface area contributed by atoms with Gasteiger partial charge in [0.05, 0.1) is 17.4 Å². The van der Waals surface area contributed by atoms with Gasteiger partial charge in [-0.05, 0) is 49.9 Å². The summed E-state index contributed by atoms with van der Waals surface area (Å²) >= 11 is 5.81. The number of halogens is 4. The van der Waals surface area contributed by atoms with Crippen LogP contribution in [0.3, 0.4) is 0 Å². The van der Waals surface area contributed by atoms with E-state index in [1.165, 1.54) is 29.2 Å². The van der Waals surface area contributed by atoms with E-state index in [2.05, 4.69) is 10.4 Å². The van der Waals surface area contributed by atoms with Gasteiger partial charge in [0.15, 0.2) is 5.69 Å². The number of alkyl halides is 3. The van der Waals surface area contributed by atoms with Crippen LogP contribution in [-0.4, -0.2) is 45.6 Å². The number of carbonyl (C=O) groups excluding carboxylic acids is 2. The van der Waals surface area contributed by atoms with E-state index >= 15 is 0 Å². The Hall–Kier alpha value is -2.55. The van der Waals surface area contributed by atoms with Crippen LogP contribution in [0.5, 0.6) is 0 Å². The van der Waals surface area contributed by atoms with Crippen LogP contribution in [0.25, 0.3) is 5.69 Å². The predicted molar refractivity (Wildman–Crippen MR) is 103 cm³/mol. The van der Waals surface area contributed by atoms with Gasteiger partial charge in [-0.3, -0.25) is 9.59 Å². The van der Waals surface area contributed by atoms with Crippen LogP contribution in [0.2, 0.25) is 5.02 Å². The van der Waals surface area contributed by atoms with Crippen molar-refractivity contribution in [2.24, 2.45) is 5.92 Å². The number of piperidine rings is 1. The first kappa shape index (κ1) is 20.7. The summed E-state index contributed by atoms with van der Waals surface area (Å²) in [6, 6.07) is 5.68. The van der Waals surface area contributed by atoms with E-state index < -0.39 is 23.3 Å². The molecule has 1 aliphatic carbocycles. The number of likely N-dealkylation sites (tertiary alicyclic amines) is 1. The van der Waals surface area contributed by atoms with E-state index in [1.54, 1.807) is 0 Å². The Kier molecular flexibility index (Phi) is 5.48. The molecule has 6 nitrogen and oxygen atoms in total. The number of benzene rings is 1. The third-order valence-electron chi connectivity index (χ3n) is 5.42. The Morgan fingerprint density at radius 1 is 1.07 bits per heavy atom. The molecule has 1 N–H and O–H groups in total. The van der Waals surface area contributed by atoms with Gasteiger partial charge in [0.1, 0.15) is 0 Å². The Bertz CT molecular complexity index is 946. The fourth-order valence-corrected chi connectivity index (χ4v) is 3.74. The normalized spacial score (nSPS) is 17.8. The van der Waals surface area contributed by atoms with E-state index in [4.69, 9.17) is 11.6 Å². The maximum absolute atomic E-state index is 13.8. The number of carbonyl (C=O) groups is 2. The summed E-state index contributed by atoms with van der Waals surface area (Å²) in [4.78, 5) is 26.2. The molecule has 1 saturated carbocycles. The molecule has 160 valence electrons. The molecular formula is C20H20ClF3N4O2. The second kappa shape index (κ2) is 7.94. The van der Waals surface area contributed by atoms with E-state index in [0.29, 0.717) is 22.5 Å². The lowest BCUT2D eigenvalue weighted by molar-refractivity contribution is -0.143. The van der Waals surface area contributed by atoms with Gasteiger partial charge in [-0.1, -0.05) is 11.6 Å². The molecule has 1 aliphatic heterocycles. The van der Waals surface area contributed by atoms with Gasteiger partial charge >= 0.3 is 6.18 Å². The Morgan fingerprint density at radius 2 is 1.70 bits per heavy atom. The molecule has 2 aliphatic rings. The molecule has 0 spiro atoms. The number of hydrogen-bond acceptors (Lipinski definition) is 3. The quantitative estimate of drug-likeness (QED) is 0.788. The molecule has 0 radical (unpaired) electrons. The largest absolute Gasteiger partial charge is 0.434 e. The number of hydrogen-bond donors (Lipinski definition) is 1. The van der Waals surface area contributed by atoms with Crippen LogP contribution in [0.4, 0.5) is 13.2 Å². The average molecular weight is 441 g/mol. The van der Waals surface area contributed by atoms with E-state index in [9.17, 15) is 22.8 Å². The molecule has 1 aromatic carbocycles. The fourth-order valence-electron chi connectivity index (χ4n) is 3.62. The number of nitrogens with zero attached hydrogens (tertiary/aromatic N) is 3. The molecule has 0 atom stereocenters. The Morgan fingerprint density at radius 3 is 2.27 bits per heavy atom. The summed E-state index contributed by atoms with van der Waals surface area (Å²) in [5.74, 6) is -0.587. The molecule has 1 saturated heterocycles. The van der Waals surface area contributed by atoms with Gasteiger partial charge in [-0.2, -0.15) is 18.3 Å². The second-order valence-electron chi connectivity index (χ2n) is 7.64. The van der Waals surface area contributed by atoms with Crippen molar-refractivity contribution in [3.05, 3.63) is 46.7 Å². The second-order valence-corrected chi connectivity index (χ2v) is 8.08. The van der Waals surface area contributed by atoms with Crippen molar-refractivity contribution >= 4 is 23.4 Å². The number of aromatic nitrogens is 2. The van der Waals surface area contributed by atoms with Gasteiger partial charge in [-0.25, -0.2) is 4.68 Å². The van der Waals surface area contributed by atoms with Crippen molar-refractivity contribution < 1.29 is 22.8 Å². The lowest BCUT2D eigenvalue weighted by Gasteiger charge is -2.32. The van der Waals surface area contributed by atoms with Gasteiger partial charge in [0.25, 0.3) is 5.91 Å². The third kappa shape index (κ3) is 4.30. The lowest BCUT2D eigenvalue weighted by atomic mass is 10.0. The van der Waals surface area contributed by atoms with E-state index in [0.717, 1.165) is 19.0 Å². The van der Waals surface area contributed by atoms with Crippen molar-refractivity contribution in [1.29, 1.82) is 0 Å². The SMILES string of the molecule is O=C(NC1CCN(C(=O)c2cnn(-c3ccc(Cl)cc3)c2C(F)(F)F)CC1)C1CC1. The van der Waals surface area contributed by atoms with Crippen molar-refractivity contribution in [2.75, 3.05) is 13.1 Å². The van der Waals surface area contributed by atoms with Crippen LogP contribution in [0, 0.1) is 5.92 Å². The molecule has 1 aromatic heterocycles. The van der Waals surface area contributed by atoms with Crippen LogP contribution in [-0.2, 0) is 11.0 Å². The van der Waals surface area contributed by atoms with Gasteiger partial charge in [-0.15, -0.1) is 0 Å². The molecule has 2 heterocycles. The smallest absolute Gasteiger partial charge is 0.353 e. The zero-order valence-electron chi connectivity index (χ0n) is 16.0. The highest BCUT2D eigenvalue weighted by Crippen LogP contribution is 2.35. The van der Waals surface area contributed by atoms with Crippen molar-refractivity contribution in [2.45, 2.75) is 37.9 Å². The molecule has 30 heavy (non-hydrogen) atoms. The molecule has 0 unspecified atom stereocenters. The van der Waals surface area contributed by atoms with Crippen LogP contribution < -0.4 is 5.32 Å². The maximum atomic E-state index is 13.8. The van der Waals surface area contributed by atoms with Gasteiger partial charge < -0.3 is 10.2 Å². The molecule has 2 fully saturated rings.